The SMILES string of the molecule is NCCN1CCN(CC(=O)NC2CCN(CC(=O)N3c4ccccc4NC(=O)c4ccccc43)CC2)CC1. The average molecular weight is 520 g/mol. The minimum absolute atomic E-state index is 0.0711. The standard InChI is InChI=1S/C28H37N7O3/c29-11-14-32-15-17-34(18-16-32)19-26(36)30-21-9-12-33(13-10-21)20-27(37)35-24-7-3-1-5-22(24)28(38)31-23-6-2-4-8-25(23)35/h1-8,21H,9-20,29H2,(H,30,36)(H,31,38). The second-order valence-corrected chi connectivity index (χ2v) is 10.2. The summed E-state index contributed by atoms with van der Waals surface area (Å²) in [7, 11) is 0. The van der Waals surface area contributed by atoms with Crippen molar-refractivity contribution in [1.29, 1.82) is 0 Å². The van der Waals surface area contributed by atoms with Gasteiger partial charge in [-0.15, -0.1) is 0 Å². The summed E-state index contributed by atoms with van der Waals surface area (Å²) < 4.78 is 0. The van der Waals surface area contributed by atoms with E-state index in [1.54, 1.807) is 17.0 Å². The van der Waals surface area contributed by atoms with Gasteiger partial charge in [0, 0.05) is 58.4 Å². The second-order valence-electron chi connectivity index (χ2n) is 10.2. The van der Waals surface area contributed by atoms with Gasteiger partial charge in [0.1, 0.15) is 0 Å². The largest absolute Gasteiger partial charge is 0.352 e. The van der Waals surface area contributed by atoms with E-state index in [1.165, 1.54) is 0 Å². The number of benzene rings is 2. The highest BCUT2D eigenvalue weighted by molar-refractivity contribution is 6.17. The zero-order valence-corrected chi connectivity index (χ0v) is 21.8. The first-order chi connectivity index (χ1) is 18.5. The molecule has 3 aliphatic rings. The lowest BCUT2D eigenvalue weighted by molar-refractivity contribution is -0.124. The lowest BCUT2D eigenvalue weighted by atomic mass is 10.0. The van der Waals surface area contributed by atoms with Gasteiger partial charge in [0.25, 0.3) is 5.91 Å². The minimum Gasteiger partial charge on any atom is -0.352 e. The van der Waals surface area contributed by atoms with Crippen LogP contribution in [-0.2, 0) is 9.59 Å². The summed E-state index contributed by atoms with van der Waals surface area (Å²) in [6.07, 6.45) is 1.60. The van der Waals surface area contributed by atoms with E-state index in [9.17, 15) is 14.4 Å². The quantitative estimate of drug-likeness (QED) is 0.502. The normalized spacial score (nSPS) is 19.3. The highest BCUT2D eigenvalue weighted by Gasteiger charge is 2.31. The summed E-state index contributed by atoms with van der Waals surface area (Å²) in [5.41, 5.74) is 7.99. The number of nitrogens with two attached hydrogens (primary N) is 1. The van der Waals surface area contributed by atoms with Crippen molar-refractivity contribution in [2.45, 2.75) is 18.9 Å². The van der Waals surface area contributed by atoms with Gasteiger partial charge in [0.2, 0.25) is 11.8 Å². The van der Waals surface area contributed by atoms with E-state index < -0.39 is 0 Å². The van der Waals surface area contributed by atoms with E-state index in [1.807, 2.05) is 36.4 Å². The highest BCUT2D eigenvalue weighted by Crippen LogP contribution is 2.37. The molecule has 5 rings (SSSR count). The smallest absolute Gasteiger partial charge is 0.257 e. The Bertz CT molecular complexity index is 1160. The third kappa shape index (κ3) is 6.05. The van der Waals surface area contributed by atoms with Crippen LogP contribution in [0.5, 0.6) is 0 Å². The van der Waals surface area contributed by atoms with E-state index in [0.29, 0.717) is 35.7 Å². The van der Waals surface area contributed by atoms with Crippen LogP contribution >= 0.6 is 0 Å². The first-order valence-electron chi connectivity index (χ1n) is 13.5. The Labute approximate surface area is 223 Å². The van der Waals surface area contributed by atoms with Crippen molar-refractivity contribution in [3.63, 3.8) is 0 Å². The minimum atomic E-state index is -0.225. The molecule has 3 amide bonds. The molecule has 2 aromatic rings. The van der Waals surface area contributed by atoms with Crippen LogP contribution in [0.1, 0.15) is 23.2 Å². The maximum Gasteiger partial charge on any atom is 0.257 e. The van der Waals surface area contributed by atoms with Crippen molar-refractivity contribution in [2.24, 2.45) is 5.73 Å². The van der Waals surface area contributed by atoms with Gasteiger partial charge in [0.15, 0.2) is 0 Å². The molecule has 2 fully saturated rings. The molecule has 0 radical (unpaired) electrons. The summed E-state index contributed by atoms with van der Waals surface area (Å²) in [5, 5.41) is 6.13. The predicted octanol–water partition coefficient (Wildman–Crippen LogP) is 1.07. The second kappa shape index (κ2) is 12.0. The van der Waals surface area contributed by atoms with Crippen molar-refractivity contribution < 1.29 is 14.4 Å². The van der Waals surface area contributed by atoms with Crippen LogP contribution in [0.4, 0.5) is 17.1 Å². The lowest BCUT2D eigenvalue weighted by Gasteiger charge is -2.35. The molecule has 10 heteroatoms. The van der Waals surface area contributed by atoms with Crippen LogP contribution in [0.15, 0.2) is 48.5 Å². The number of anilines is 3. The average Bonchev–Trinajstić information content (AvgIpc) is 3.05. The fraction of sp³-hybridized carbons (Fsp3) is 0.464. The fourth-order valence-corrected chi connectivity index (χ4v) is 5.55. The molecule has 0 aliphatic carbocycles. The molecule has 3 aliphatic heterocycles. The number of piperazine rings is 1. The Kier molecular flexibility index (Phi) is 8.33. The van der Waals surface area contributed by atoms with E-state index >= 15 is 0 Å². The fourth-order valence-electron chi connectivity index (χ4n) is 5.55. The number of nitrogens with one attached hydrogen (secondary N) is 2. The summed E-state index contributed by atoms with van der Waals surface area (Å²) in [6, 6.07) is 14.7. The van der Waals surface area contributed by atoms with Crippen molar-refractivity contribution in [3.05, 3.63) is 54.1 Å². The van der Waals surface area contributed by atoms with Crippen LogP contribution < -0.4 is 21.3 Å². The number of amides is 3. The summed E-state index contributed by atoms with van der Waals surface area (Å²) in [5.74, 6) is -0.239. The van der Waals surface area contributed by atoms with Gasteiger partial charge < -0.3 is 16.4 Å². The Morgan fingerprint density at radius 2 is 1.47 bits per heavy atom. The molecule has 38 heavy (non-hydrogen) atoms. The number of nitrogens with zero attached hydrogens (tertiary/aromatic N) is 4. The van der Waals surface area contributed by atoms with E-state index in [-0.39, 0.29) is 30.3 Å². The van der Waals surface area contributed by atoms with E-state index in [4.69, 9.17) is 5.73 Å². The maximum absolute atomic E-state index is 13.7. The van der Waals surface area contributed by atoms with E-state index in [0.717, 1.165) is 58.7 Å². The number of rotatable bonds is 7. The molecule has 2 aromatic carbocycles. The van der Waals surface area contributed by atoms with Crippen molar-refractivity contribution >= 4 is 34.8 Å². The van der Waals surface area contributed by atoms with Gasteiger partial charge in [-0.2, -0.15) is 0 Å². The Balaban J connectivity index is 1.15. The Morgan fingerprint density at radius 1 is 0.842 bits per heavy atom. The third-order valence-corrected chi connectivity index (χ3v) is 7.62. The van der Waals surface area contributed by atoms with Gasteiger partial charge in [-0.25, -0.2) is 0 Å². The van der Waals surface area contributed by atoms with Crippen LogP contribution in [-0.4, -0.2) is 104 Å². The number of para-hydroxylation sites is 3. The molecule has 3 heterocycles. The predicted molar refractivity (Wildman–Crippen MR) is 148 cm³/mol. The molecule has 10 nitrogen and oxygen atoms in total. The molecule has 0 aromatic heterocycles. The van der Waals surface area contributed by atoms with Crippen molar-refractivity contribution in [2.75, 3.05) is 75.7 Å². The Morgan fingerprint density at radius 3 is 2.21 bits per heavy atom. The molecular formula is C28H37N7O3. The molecule has 0 saturated carbocycles. The van der Waals surface area contributed by atoms with Gasteiger partial charge in [-0.1, -0.05) is 24.3 Å². The first kappa shape index (κ1) is 26.3. The van der Waals surface area contributed by atoms with Crippen LogP contribution in [0, 0.1) is 0 Å². The molecular weight excluding hydrogens is 482 g/mol. The topological polar surface area (TPSA) is 114 Å². The highest BCUT2D eigenvalue weighted by atomic mass is 16.2. The number of hydrogen-bond donors (Lipinski definition) is 3. The van der Waals surface area contributed by atoms with Crippen LogP contribution in [0.3, 0.4) is 0 Å². The van der Waals surface area contributed by atoms with Crippen LogP contribution in [0.25, 0.3) is 0 Å². The number of hydrogen-bond acceptors (Lipinski definition) is 7. The molecule has 0 spiro atoms. The molecule has 2 saturated heterocycles. The molecule has 4 N–H and O–H groups in total. The zero-order valence-electron chi connectivity index (χ0n) is 21.8. The molecule has 0 bridgehead atoms. The molecule has 0 unspecified atom stereocenters. The lowest BCUT2D eigenvalue weighted by Crippen LogP contribution is -2.52. The molecule has 202 valence electrons. The Hall–Kier alpha value is -3.31. The van der Waals surface area contributed by atoms with Gasteiger partial charge in [0.05, 0.1) is 35.7 Å². The summed E-state index contributed by atoms with van der Waals surface area (Å²) in [6.45, 7) is 7.37. The third-order valence-electron chi connectivity index (χ3n) is 7.62. The number of likely N-dealkylation sites (tertiary alicyclic amines) is 1. The van der Waals surface area contributed by atoms with Crippen molar-refractivity contribution in [3.8, 4) is 0 Å². The van der Waals surface area contributed by atoms with Gasteiger partial charge in [-0.3, -0.25) is 34.0 Å². The zero-order chi connectivity index (χ0) is 26.5. The first-order valence-corrected chi connectivity index (χ1v) is 13.5. The summed E-state index contributed by atoms with van der Waals surface area (Å²) >= 11 is 0. The maximum atomic E-state index is 13.7. The number of fused-ring (bicyclic) bond motifs is 2. The van der Waals surface area contributed by atoms with Gasteiger partial charge in [-0.05, 0) is 37.1 Å². The number of carbonyl (C=O) groups is 3. The van der Waals surface area contributed by atoms with E-state index in [2.05, 4.69) is 25.3 Å². The van der Waals surface area contributed by atoms with Crippen LogP contribution in [0.2, 0.25) is 0 Å². The molecule has 0 atom stereocenters. The number of carbonyl (C=O) groups excluding carboxylic acids is 3. The van der Waals surface area contributed by atoms with Crippen molar-refractivity contribution in [1.82, 2.24) is 20.0 Å². The van der Waals surface area contributed by atoms with Gasteiger partial charge >= 0.3 is 0 Å². The monoisotopic (exact) mass is 519 g/mol. The summed E-state index contributed by atoms with van der Waals surface area (Å²) in [4.78, 5) is 47.4. The number of piperidine rings is 1.